The SMILES string of the molecule is Cc1nc2cc(NC(=O)CCCN3C(=O)CN(C)C3=O)ccc2o1. The van der Waals surface area contributed by atoms with Crippen LogP contribution in [0.15, 0.2) is 22.6 Å². The predicted molar refractivity (Wildman–Crippen MR) is 86.3 cm³/mol. The number of hydrogen-bond donors (Lipinski definition) is 1. The summed E-state index contributed by atoms with van der Waals surface area (Å²) in [4.78, 5) is 42.1. The molecule has 1 aromatic heterocycles. The number of hydrogen-bond acceptors (Lipinski definition) is 5. The molecule has 4 amide bonds. The van der Waals surface area contributed by atoms with Gasteiger partial charge >= 0.3 is 6.03 Å². The fraction of sp³-hybridized carbons (Fsp3) is 0.375. The number of carbonyl (C=O) groups excluding carboxylic acids is 3. The van der Waals surface area contributed by atoms with Crippen LogP contribution in [-0.2, 0) is 9.59 Å². The molecule has 1 aliphatic rings. The summed E-state index contributed by atoms with van der Waals surface area (Å²) in [6, 6.07) is 4.93. The number of likely N-dealkylation sites (N-methyl/N-ethyl adjacent to an activating group) is 1. The number of benzene rings is 1. The van der Waals surface area contributed by atoms with Crippen molar-refractivity contribution in [3.05, 3.63) is 24.1 Å². The molecule has 0 radical (unpaired) electrons. The van der Waals surface area contributed by atoms with Gasteiger partial charge in [0.25, 0.3) is 0 Å². The normalized spacial score (nSPS) is 14.8. The predicted octanol–water partition coefficient (Wildman–Crippen LogP) is 1.75. The molecule has 3 rings (SSSR count). The Hall–Kier alpha value is -2.90. The van der Waals surface area contributed by atoms with Gasteiger partial charge in [-0.05, 0) is 24.6 Å². The summed E-state index contributed by atoms with van der Waals surface area (Å²) in [5, 5.41) is 2.78. The molecule has 1 N–H and O–H groups in total. The van der Waals surface area contributed by atoms with E-state index in [9.17, 15) is 14.4 Å². The lowest BCUT2D eigenvalue weighted by Gasteiger charge is -2.13. The zero-order valence-corrected chi connectivity index (χ0v) is 13.5. The summed E-state index contributed by atoms with van der Waals surface area (Å²) in [5.74, 6) is 0.162. The zero-order valence-electron chi connectivity index (χ0n) is 13.5. The lowest BCUT2D eigenvalue weighted by Crippen LogP contribution is -2.32. The minimum Gasteiger partial charge on any atom is -0.441 e. The van der Waals surface area contributed by atoms with Crippen LogP contribution in [0.25, 0.3) is 11.1 Å². The first-order chi connectivity index (χ1) is 11.4. The summed E-state index contributed by atoms with van der Waals surface area (Å²) in [7, 11) is 1.58. The lowest BCUT2D eigenvalue weighted by atomic mass is 10.2. The number of rotatable bonds is 5. The molecule has 0 unspecified atom stereocenters. The first-order valence-electron chi connectivity index (χ1n) is 7.66. The van der Waals surface area contributed by atoms with Crippen molar-refractivity contribution in [2.45, 2.75) is 19.8 Å². The van der Waals surface area contributed by atoms with Gasteiger partial charge in [-0.2, -0.15) is 0 Å². The molecule has 8 nitrogen and oxygen atoms in total. The highest BCUT2D eigenvalue weighted by molar-refractivity contribution is 6.01. The Labute approximate surface area is 138 Å². The van der Waals surface area contributed by atoms with Gasteiger partial charge in [-0.15, -0.1) is 0 Å². The second-order valence-corrected chi connectivity index (χ2v) is 5.75. The van der Waals surface area contributed by atoms with Crippen molar-refractivity contribution in [3.63, 3.8) is 0 Å². The number of fused-ring (bicyclic) bond motifs is 1. The molecule has 0 aliphatic carbocycles. The molecule has 1 fully saturated rings. The molecule has 1 aromatic carbocycles. The number of imide groups is 1. The van der Waals surface area contributed by atoms with Crippen molar-refractivity contribution in [2.24, 2.45) is 0 Å². The third-order valence-corrected chi connectivity index (χ3v) is 3.79. The van der Waals surface area contributed by atoms with Gasteiger partial charge in [0.05, 0.1) is 0 Å². The average Bonchev–Trinajstić information content (AvgIpc) is 3.00. The van der Waals surface area contributed by atoms with Gasteiger partial charge < -0.3 is 14.6 Å². The Morgan fingerprint density at radius 1 is 1.38 bits per heavy atom. The fourth-order valence-electron chi connectivity index (χ4n) is 2.63. The molecule has 0 atom stereocenters. The number of nitrogens with zero attached hydrogens (tertiary/aromatic N) is 3. The van der Waals surface area contributed by atoms with E-state index < -0.39 is 0 Å². The number of aromatic nitrogens is 1. The second-order valence-electron chi connectivity index (χ2n) is 5.75. The molecule has 1 aliphatic heterocycles. The van der Waals surface area contributed by atoms with Gasteiger partial charge in [0.1, 0.15) is 12.1 Å². The van der Waals surface area contributed by atoms with Crippen molar-refractivity contribution in [1.82, 2.24) is 14.8 Å². The molecule has 8 heteroatoms. The summed E-state index contributed by atoms with van der Waals surface area (Å²) >= 11 is 0. The molecule has 0 spiro atoms. The van der Waals surface area contributed by atoms with E-state index in [2.05, 4.69) is 10.3 Å². The molecule has 2 aromatic rings. The number of nitrogens with one attached hydrogen (secondary N) is 1. The molecule has 2 heterocycles. The van der Waals surface area contributed by atoms with Crippen LogP contribution >= 0.6 is 0 Å². The molecular weight excluding hydrogens is 312 g/mol. The van der Waals surface area contributed by atoms with E-state index in [1.807, 2.05) is 0 Å². The Bertz CT molecular complexity index is 814. The molecule has 0 bridgehead atoms. The maximum Gasteiger partial charge on any atom is 0.326 e. The Balaban J connectivity index is 1.51. The largest absolute Gasteiger partial charge is 0.441 e. The molecule has 0 saturated carbocycles. The topological polar surface area (TPSA) is 95.8 Å². The average molecular weight is 330 g/mol. The van der Waals surface area contributed by atoms with E-state index in [4.69, 9.17) is 4.42 Å². The van der Waals surface area contributed by atoms with Gasteiger partial charge in [0, 0.05) is 32.6 Å². The number of amides is 4. The first kappa shape index (κ1) is 16.0. The van der Waals surface area contributed by atoms with Gasteiger partial charge in [0.2, 0.25) is 11.8 Å². The van der Waals surface area contributed by atoms with Crippen molar-refractivity contribution >= 4 is 34.6 Å². The van der Waals surface area contributed by atoms with Gasteiger partial charge in [-0.1, -0.05) is 0 Å². The van der Waals surface area contributed by atoms with E-state index in [0.717, 1.165) is 0 Å². The number of aryl methyl sites for hydroxylation is 1. The highest BCUT2D eigenvalue weighted by atomic mass is 16.3. The Morgan fingerprint density at radius 2 is 2.17 bits per heavy atom. The fourth-order valence-corrected chi connectivity index (χ4v) is 2.63. The van der Waals surface area contributed by atoms with Gasteiger partial charge in [0.15, 0.2) is 11.5 Å². The van der Waals surface area contributed by atoms with Crippen LogP contribution in [0.3, 0.4) is 0 Å². The number of oxazole rings is 1. The van der Waals surface area contributed by atoms with Crippen molar-refractivity contribution in [3.8, 4) is 0 Å². The molecule has 126 valence electrons. The lowest BCUT2D eigenvalue weighted by molar-refractivity contribution is -0.125. The van der Waals surface area contributed by atoms with Crippen molar-refractivity contribution in [1.29, 1.82) is 0 Å². The van der Waals surface area contributed by atoms with E-state index in [1.54, 1.807) is 32.2 Å². The van der Waals surface area contributed by atoms with Crippen LogP contribution in [0.2, 0.25) is 0 Å². The minimum absolute atomic E-state index is 0.0994. The summed E-state index contributed by atoms with van der Waals surface area (Å²) < 4.78 is 5.38. The van der Waals surface area contributed by atoms with Crippen LogP contribution in [0.4, 0.5) is 10.5 Å². The Morgan fingerprint density at radius 3 is 2.88 bits per heavy atom. The maximum absolute atomic E-state index is 12.0. The number of urea groups is 1. The van der Waals surface area contributed by atoms with E-state index in [1.165, 1.54) is 9.80 Å². The highest BCUT2D eigenvalue weighted by Crippen LogP contribution is 2.20. The minimum atomic E-state index is -0.313. The van der Waals surface area contributed by atoms with Crippen molar-refractivity contribution < 1.29 is 18.8 Å². The third kappa shape index (κ3) is 3.22. The van der Waals surface area contributed by atoms with Gasteiger partial charge in [-0.25, -0.2) is 9.78 Å². The van der Waals surface area contributed by atoms with E-state index in [-0.39, 0.29) is 37.4 Å². The molecular formula is C16H18N4O4. The number of anilines is 1. The van der Waals surface area contributed by atoms with Crippen LogP contribution in [0.5, 0.6) is 0 Å². The summed E-state index contributed by atoms with van der Waals surface area (Å²) in [5.41, 5.74) is 1.98. The third-order valence-electron chi connectivity index (χ3n) is 3.79. The van der Waals surface area contributed by atoms with E-state index >= 15 is 0 Å². The van der Waals surface area contributed by atoms with Gasteiger partial charge in [-0.3, -0.25) is 14.5 Å². The standard InChI is InChI=1S/C16H18N4O4/c1-10-17-12-8-11(5-6-13(12)24-10)18-14(21)4-3-7-20-15(22)9-19(2)16(20)23/h5-6,8H,3-4,7,9H2,1-2H3,(H,18,21). The first-order valence-corrected chi connectivity index (χ1v) is 7.66. The monoisotopic (exact) mass is 330 g/mol. The summed E-state index contributed by atoms with van der Waals surface area (Å²) in [6.45, 7) is 2.11. The number of carbonyl (C=O) groups is 3. The van der Waals surface area contributed by atoms with E-state index in [0.29, 0.717) is 29.1 Å². The van der Waals surface area contributed by atoms with Crippen LogP contribution in [0.1, 0.15) is 18.7 Å². The zero-order chi connectivity index (χ0) is 17.3. The Kier molecular flexibility index (Phi) is 4.20. The molecule has 1 saturated heterocycles. The molecule has 24 heavy (non-hydrogen) atoms. The van der Waals surface area contributed by atoms with Crippen LogP contribution in [0, 0.1) is 6.92 Å². The summed E-state index contributed by atoms with van der Waals surface area (Å²) in [6.07, 6.45) is 0.638. The van der Waals surface area contributed by atoms with Crippen LogP contribution in [-0.4, -0.2) is 52.8 Å². The smallest absolute Gasteiger partial charge is 0.326 e. The van der Waals surface area contributed by atoms with Crippen molar-refractivity contribution in [2.75, 3.05) is 25.5 Å². The highest BCUT2D eigenvalue weighted by Gasteiger charge is 2.32. The quantitative estimate of drug-likeness (QED) is 0.843. The maximum atomic E-state index is 12.0. The second kappa shape index (κ2) is 6.31. The van der Waals surface area contributed by atoms with Crippen LogP contribution < -0.4 is 5.32 Å².